The lowest BCUT2D eigenvalue weighted by atomic mass is 10.1. The zero-order valence-corrected chi connectivity index (χ0v) is 14.4. The standard InChI is InChI=1S/C16H21ClN4O2/c1-11-14(12(2)21(3)20-11)5-6-15(22)18-8-9-23-16-7-4-13(17)10-19-16/h4,7,10H,5-6,8-9H2,1-3H3,(H,18,22). The maximum Gasteiger partial charge on any atom is 0.220 e. The molecular weight excluding hydrogens is 316 g/mol. The summed E-state index contributed by atoms with van der Waals surface area (Å²) in [5.41, 5.74) is 3.23. The summed E-state index contributed by atoms with van der Waals surface area (Å²) in [5.74, 6) is 0.491. The molecule has 0 unspecified atom stereocenters. The number of ether oxygens (including phenoxy) is 1. The number of carbonyl (C=O) groups excluding carboxylic acids is 1. The first-order chi connectivity index (χ1) is 11.0. The van der Waals surface area contributed by atoms with Gasteiger partial charge in [0, 0.05) is 31.4 Å². The van der Waals surface area contributed by atoms with Gasteiger partial charge in [0.15, 0.2) is 0 Å². The molecule has 2 aromatic rings. The third-order valence-electron chi connectivity index (χ3n) is 3.64. The van der Waals surface area contributed by atoms with E-state index in [1.54, 1.807) is 12.1 Å². The van der Waals surface area contributed by atoms with Crippen LogP contribution in [-0.2, 0) is 18.3 Å². The third-order valence-corrected chi connectivity index (χ3v) is 3.86. The van der Waals surface area contributed by atoms with Gasteiger partial charge in [0.2, 0.25) is 11.8 Å². The van der Waals surface area contributed by atoms with Crippen LogP contribution in [0.25, 0.3) is 0 Å². The molecule has 1 N–H and O–H groups in total. The van der Waals surface area contributed by atoms with Gasteiger partial charge in [-0.1, -0.05) is 11.6 Å². The van der Waals surface area contributed by atoms with E-state index in [0.717, 1.165) is 17.0 Å². The number of aromatic nitrogens is 3. The first-order valence-corrected chi connectivity index (χ1v) is 7.85. The van der Waals surface area contributed by atoms with E-state index in [4.69, 9.17) is 16.3 Å². The summed E-state index contributed by atoms with van der Waals surface area (Å²) in [6.07, 6.45) is 2.65. The van der Waals surface area contributed by atoms with Gasteiger partial charge < -0.3 is 10.1 Å². The Labute approximate surface area is 140 Å². The molecule has 2 aromatic heterocycles. The van der Waals surface area contributed by atoms with Gasteiger partial charge in [-0.05, 0) is 31.9 Å². The van der Waals surface area contributed by atoms with E-state index in [1.165, 1.54) is 6.20 Å². The minimum atomic E-state index is 0.000295. The number of amides is 1. The van der Waals surface area contributed by atoms with Gasteiger partial charge >= 0.3 is 0 Å². The van der Waals surface area contributed by atoms with Gasteiger partial charge in [0.05, 0.1) is 17.3 Å². The fourth-order valence-electron chi connectivity index (χ4n) is 2.30. The van der Waals surface area contributed by atoms with E-state index < -0.39 is 0 Å². The number of hydrogen-bond acceptors (Lipinski definition) is 4. The third kappa shape index (κ3) is 4.96. The second kappa shape index (κ2) is 7.97. The smallest absolute Gasteiger partial charge is 0.220 e. The van der Waals surface area contributed by atoms with Crippen LogP contribution in [0, 0.1) is 13.8 Å². The van der Waals surface area contributed by atoms with E-state index in [1.807, 2.05) is 25.6 Å². The normalized spacial score (nSPS) is 10.6. The highest BCUT2D eigenvalue weighted by Crippen LogP contribution is 2.14. The highest BCUT2D eigenvalue weighted by Gasteiger charge is 2.11. The molecule has 0 saturated carbocycles. The Hall–Kier alpha value is -2.08. The predicted molar refractivity (Wildman–Crippen MR) is 88.8 cm³/mol. The van der Waals surface area contributed by atoms with Crippen LogP contribution >= 0.6 is 11.6 Å². The largest absolute Gasteiger partial charge is 0.476 e. The van der Waals surface area contributed by atoms with Crippen molar-refractivity contribution in [2.45, 2.75) is 26.7 Å². The zero-order chi connectivity index (χ0) is 16.8. The second-order valence-corrected chi connectivity index (χ2v) is 5.72. The van der Waals surface area contributed by atoms with Crippen molar-refractivity contribution in [2.24, 2.45) is 7.05 Å². The van der Waals surface area contributed by atoms with E-state index >= 15 is 0 Å². The monoisotopic (exact) mass is 336 g/mol. The fraction of sp³-hybridized carbons (Fsp3) is 0.438. The Balaban J connectivity index is 1.68. The second-order valence-electron chi connectivity index (χ2n) is 5.29. The van der Waals surface area contributed by atoms with Crippen LogP contribution < -0.4 is 10.1 Å². The van der Waals surface area contributed by atoms with Crippen LogP contribution in [0.3, 0.4) is 0 Å². The lowest BCUT2D eigenvalue weighted by Gasteiger charge is -2.07. The van der Waals surface area contributed by atoms with E-state index in [9.17, 15) is 4.79 Å². The molecule has 0 aliphatic heterocycles. The number of aryl methyl sites for hydroxylation is 2. The van der Waals surface area contributed by atoms with E-state index in [0.29, 0.717) is 36.9 Å². The van der Waals surface area contributed by atoms with Gasteiger partial charge in [-0.2, -0.15) is 5.10 Å². The topological polar surface area (TPSA) is 69.0 Å². The van der Waals surface area contributed by atoms with Crippen LogP contribution in [0.4, 0.5) is 0 Å². The number of carbonyl (C=O) groups is 1. The lowest BCUT2D eigenvalue weighted by Crippen LogP contribution is -2.28. The number of halogens is 1. The van der Waals surface area contributed by atoms with Crippen LogP contribution in [0.5, 0.6) is 5.88 Å². The first kappa shape index (κ1) is 17.3. The summed E-state index contributed by atoms with van der Waals surface area (Å²) < 4.78 is 7.26. The van der Waals surface area contributed by atoms with Crippen molar-refractivity contribution in [1.82, 2.24) is 20.1 Å². The Morgan fingerprint density at radius 2 is 2.17 bits per heavy atom. The first-order valence-electron chi connectivity index (χ1n) is 7.47. The van der Waals surface area contributed by atoms with Crippen molar-refractivity contribution < 1.29 is 9.53 Å². The van der Waals surface area contributed by atoms with Gasteiger partial charge in [-0.15, -0.1) is 0 Å². The molecule has 6 nitrogen and oxygen atoms in total. The molecule has 0 atom stereocenters. The highest BCUT2D eigenvalue weighted by molar-refractivity contribution is 6.30. The Bertz CT molecular complexity index is 667. The molecule has 7 heteroatoms. The average Bonchev–Trinajstić information content (AvgIpc) is 2.76. The van der Waals surface area contributed by atoms with Crippen molar-refractivity contribution in [3.8, 4) is 5.88 Å². The number of pyridine rings is 1. The Morgan fingerprint density at radius 1 is 1.39 bits per heavy atom. The number of nitrogens with zero attached hydrogens (tertiary/aromatic N) is 3. The number of nitrogens with one attached hydrogen (secondary N) is 1. The van der Waals surface area contributed by atoms with Gasteiger partial charge in [0.1, 0.15) is 6.61 Å². The Kier molecular flexibility index (Phi) is 5.98. The lowest BCUT2D eigenvalue weighted by molar-refractivity contribution is -0.121. The Morgan fingerprint density at radius 3 is 2.78 bits per heavy atom. The molecule has 0 aliphatic carbocycles. The molecule has 0 aromatic carbocycles. The maximum absolute atomic E-state index is 11.9. The molecule has 0 saturated heterocycles. The van der Waals surface area contributed by atoms with Crippen molar-refractivity contribution >= 4 is 17.5 Å². The molecule has 1 amide bonds. The molecule has 124 valence electrons. The van der Waals surface area contributed by atoms with E-state index in [-0.39, 0.29) is 5.91 Å². The van der Waals surface area contributed by atoms with E-state index in [2.05, 4.69) is 15.4 Å². The SMILES string of the molecule is Cc1nn(C)c(C)c1CCC(=O)NCCOc1ccc(Cl)cn1. The molecule has 0 bridgehead atoms. The molecule has 0 fully saturated rings. The summed E-state index contributed by atoms with van der Waals surface area (Å²) in [6, 6.07) is 3.40. The summed E-state index contributed by atoms with van der Waals surface area (Å²) in [6.45, 7) is 4.78. The van der Waals surface area contributed by atoms with Gasteiger partial charge in [0.25, 0.3) is 0 Å². The van der Waals surface area contributed by atoms with Crippen molar-refractivity contribution in [3.05, 3.63) is 40.3 Å². The van der Waals surface area contributed by atoms with Gasteiger partial charge in [-0.25, -0.2) is 4.98 Å². The quantitative estimate of drug-likeness (QED) is 0.787. The molecule has 23 heavy (non-hydrogen) atoms. The molecule has 2 rings (SSSR count). The summed E-state index contributed by atoms with van der Waals surface area (Å²) in [7, 11) is 1.91. The van der Waals surface area contributed by atoms with Crippen LogP contribution in [0.2, 0.25) is 5.02 Å². The van der Waals surface area contributed by atoms with Crippen LogP contribution in [-0.4, -0.2) is 33.8 Å². The van der Waals surface area contributed by atoms with Crippen LogP contribution in [0.15, 0.2) is 18.3 Å². The summed E-state index contributed by atoms with van der Waals surface area (Å²) in [4.78, 5) is 15.9. The fourth-order valence-corrected chi connectivity index (χ4v) is 2.41. The van der Waals surface area contributed by atoms with Gasteiger partial charge in [-0.3, -0.25) is 9.48 Å². The number of rotatable bonds is 7. The minimum Gasteiger partial charge on any atom is -0.476 e. The molecule has 2 heterocycles. The average molecular weight is 337 g/mol. The number of hydrogen-bond donors (Lipinski definition) is 1. The summed E-state index contributed by atoms with van der Waals surface area (Å²) in [5, 5.41) is 7.75. The molecular formula is C16H21ClN4O2. The van der Waals surface area contributed by atoms with Crippen molar-refractivity contribution in [3.63, 3.8) is 0 Å². The molecule has 0 spiro atoms. The summed E-state index contributed by atoms with van der Waals surface area (Å²) >= 11 is 5.74. The molecule has 0 aliphatic rings. The maximum atomic E-state index is 11.9. The molecule has 0 radical (unpaired) electrons. The van der Waals surface area contributed by atoms with Crippen LogP contribution in [0.1, 0.15) is 23.4 Å². The predicted octanol–water partition coefficient (Wildman–Crippen LogP) is 2.21. The van der Waals surface area contributed by atoms with Crippen molar-refractivity contribution in [1.29, 1.82) is 0 Å². The van der Waals surface area contributed by atoms with Crippen molar-refractivity contribution in [2.75, 3.05) is 13.2 Å². The highest BCUT2D eigenvalue weighted by atomic mass is 35.5. The minimum absolute atomic E-state index is 0.000295. The zero-order valence-electron chi connectivity index (χ0n) is 13.6.